The van der Waals surface area contributed by atoms with Gasteiger partial charge in [-0.15, -0.1) is 0 Å². The third-order valence-corrected chi connectivity index (χ3v) is 5.13. The van der Waals surface area contributed by atoms with Crippen molar-refractivity contribution in [3.05, 3.63) is 71.2 Å². The molecule has 1 aromatic heterocycles. The summed E-state index contributed by atoms with van der Waals surface area (Å²) in [7, 11) is 0. The lowest BCUT2D eigenvalue weighted by atomic mass is 9.90. The Hall–Kier alpha value is -2.64. The second kappa shape index (κ2) is 6.70. The highest BCUT2D eigenvalue weighted by molar-refractivity contribution is 5.81. The van der Waals surface area contributed by atoms with E-state index in [1.165, 1.54) is 17.0 Å². The summed E-state index contributed by atoms with van der Waals surface area (Å²) < 4.78 is 16.3. The molecule has 0 aliphatic carbocycles. The summed E-state index contributed by atoms with van der Waals surface area (Å²) in [4.78, 5) is 0. The number of halogens is 1. The van der Waals surface area contributed by atoms with E-state index >= 15 is 0 Å². The van der Waals surface area contributed by atoms with Gasteiger partial charge >= 0.3 is 0 Å². The highest BCUT2D eigenvalue weighted by Gasteiger charge is 2.16. The molecule has 0 saturated carbocycles. The molecule has 0 bridgehead atoms. The number of benzene rings is 2. The molecular weight excluding hydrogens is 313 g/mol. The van der Waals surface area contributed by atoms with Crippen molar-refractivity contribution in [3.8, 4) is 6.07 Å². The minimum Gasteiger partial charge on any atom is -0.343 e. The van der Waals surface area contributed by atoms with E-state index in [0.717, 1.165) is 31.4 Å². The van der Waals surface area contributed by atoms with Gasteiger partial charge in [0.25, 0.3) is 0 Å². The summed E-state index contributed by atoms with van der Waals surface area (Å²) in [6.07, 6.45) is 4.33. The molecule has 0 unspecified atom stereocenters. The van der Waals surface area contributed by atoms with Crippen LogP contribution in [0.3, 0.4) is 0 Å². The molecule has 1 saturated heterocycles. The minimum absolute atomic E-state index is 0.324. The summed E-state index contributed by atoms with van der Waals surface area (Å²) in [6, 6.07) is 15.4. The molecular formula is C21H20FN3. The maximum absolute atomic E-state index is 14.2. The Kier molecular flexibility index (Phi) is 4.25. The van der Waals surface area contributed by atoms with Gasteiger partial charge in [-0.2, -0.15) is 5.26 Å². The minimum atomic E-state index is -0.324. The molecule has 126 valence electrons. The van der Waals surface area contributed by atoms with Gasteiger partial charge in [0, 0.05) is 17.3 Å². The van der Waals surface area contributed by atoms with Gasteiger partial charge in [-0.25, -0.2) is 4.39 Å². The molecule has 0 spiro atoms. The Labute approximate surface area is 146 Å². The molecule has 4 rings (SSSR count). The Morgan fingerprint density at radius 1 is 1.12 bits per heavy atom. The predicted octanol–water partition coefficient (Wildman–Crippen LogP) is 4.17. The normalized spacial score (nSPS) is 15.4. The van der Waals surface area contributed by atoms with Gasteiger partial charge in [-0.1, -0.05) is 18.2 Å². The lowest BCUT2D eigenvalue weighted by molar-refractivity contribution is 0.460. The molecule has 25 heavy (non-hydrogen) atoms. The van der Waals surface area contributed by atoms with Crippen LogP contribution in [0, 0.1) is 17.1 Å². The number of nitrogens with one attached hydrogen (secondary N) is 1. The van der Waals surface area contributed by atoms with Crippen LogP contribution in [-0.2, 0) is 6.54 Å². The van der Waals surface area contributed by atoms with Gasteiger partial charge in [0.2, 0.25) is 0 Å². The fourth-order valence-corrected chi connectivity index (χ4v) is 3.68. The van der Waals surface area contributed by atoms with E-state index < -0.39 is 0 Å². The highest BCUT2D eigenvalue weighted by atomic mass is 19.1. The van der Waals surface area contributed by atoms with Crippen molar-refractivity contribution in [1.29, 1.82) is 5.26 Å². The van der Waals surface area contributed by atoms with Crippen molar-refractivity contribution in [2.75, 3.05) is 13.1 Å². The zero-order chi connectivity index (χ0) is 17.2. The second-order valence-corrected chi connectivity index (χ2v) is 6.70. The van der Waals surface area contributed by atoms with Gasteiger partial charge in [0.15, 0.2) is 0 Å². The van der Waals surface area contributed by atoms with E-state index in [1.807, 2.05) is 12.3 Å². The van der Waals surface area contributed by atoms with Crippen molar-refractivity contribution >= 4 is 10.9 Å². The number of piperidine rings is 1. The Balaban J connectivity index is 1.66. The molecule has 1 aliphatic heterocycles. The number of aromatic nitrogens is 1. The van der Waals surface area contributed by atoms with Crippen molar-refractivity contribution < 1.29 is 4.39 Å². The van der Waals surface area contributed by atoms with Crippen molar-refractivity contribution in [1.82, 2.24) is 9.88 Å². The SMILES string of the molecule is N#Cc1ccc(Cn2ccc3ccc(C4CCNCC4)cc32)c(F)c1. The van der Waals surface area contributed by atoms with Gasteiger partial charge in [0.1, 0.15) is 5.82 Å². The third kappa shape index (κ3) is 3.16. The van der Waals surface area contributed by atoms with E-state index in [4.69, 9.17) is 5.26 Å². The Bertz CT molecular complexity index is 945. The van der Waals surface area contributed by atoms with E-state index in [-0.39, 0.29) is 5.82 Å². The van der Waals surface area contributed by atoms with E-state index in [1.54, 1.807) is 12.1 Å². The van der Waals surface area contributed by atoms with Crippen LogP contribution in [0.1, 0.15) is 35.4 Å². The molecule has 0 amide bonds. The molecule has 2 heterocycles. The molecule has 3 aromatic rings. The molecule has 2 aromatic carbocycles. The van der Waals surface area contributed by atoms with E-state index in [9.17, 15) is 4.39 Å². The second-order valence-electron chi connectivity index (χ2n) is 6.70. The molecule has 1 aliphatic rings. The first kappa shape index (κ1) is 15.9. The zero-order valence-electron chi connectivity index (χ0n) is 14.0. The fourth-order valence-electron chi connectivity index (χ4n) is 3.68. The van der Waals surface area contributed by atoms with Crippen molar-refractivity contribution in [3.63, 3.8) is 0 Å². The average molecular weight is 333 g/mol. The van der Waals surface area contributed by atoms with Gasteiger partial charge in [-0.3, -0.25) is 0 Å². The van der Waals surface area contributed by atoms with Crippen LogP contribution < -0.4 is 5.32 Å². The maximum atomic E-state index is 14.2. The van der Waals surface area contributed by atoms with Crippen LogP contribution in [-0.4, -0.2) is 17.7 Å². The zero-order valence-corrected chi connectivity index (χ0v) is 14.0. The number of hydrogen-bond acceptors (Lipinski definition) is 2. The lowest BCUT2D eigenvalue weighted by Gasteiger charge is -2.23. The smallest absolute Gasteiger partial charge is 0.129 e. The molecule has 4 heteroatoms. The summed E-state index contributed by atoms with van der Waals surface area (Å²) in [6.45, 7) is 2.61. The van der Waals surface area contributed by atoms with E-state index in [0.29, 0.717) is 23.6 Å². The number of nitrogens with zero attached hydrogens (tertiary/aromatic N) is 2. The van der Waals surface area contributed by atoms with Gasteiger partial charge < -0.3 is 9.88 Å². The summed E-state index contributed by atoms with van der Waals surface area (Å²) in [5.74, 6) is 0.274. The number of fused-ring (bicyclic) bond motifs is 1. The first-order valence-corrected chi connectivity index (χ1v) is 8.72. The van der Waals surface area contributed by atoms with Crippen molar-refractivity contribution in [2.24, 2.45) is 0 Å². The lowest BCUT2D eigenvalue weighted by Crippen LogP contribution is -2.26. The monoisotopic (exact) mass is 333 g/mol. The fraction of sp³-hybridized carbons (Fsp3) is 0.286. The summed E-state index contributed by atoms with van der Waals surface area (Å²) in [5, 5.41) is 13.5. The molecule has 1 N–H and O–H groups in total. The van der Waals surface area contributed by atoms with Gasteiger partial charge in [-0.05, 0) is 67.1 Å². The van der Waals surface area contributed by atoms with Crippen LogP contribution in [0.25, 0.3) is 10.9 Å². The molecule has 1 fully saturated rings. The summed E-state index contributed by atoms with van der Waals surface area (Å²) >= 11 is 0. The van der Waals surface area contributed by atoms with Crippen molar-refractivity contribution in [2.45, 2.75) is 25.3 Å². The van der Waals surface area contributed by atoms with Crippen LogP contribution in [0.15, 0.2) is 48.7 Å². The Morgan fingerprint density at radius 2 is 1.96 bits per heavy atom. The topological polar surface area (TPSA) is 40.8 Å². The first-order valence-electron chi connectivity index (χ1n) is 8.72. The standard InChI is InChI=1S/C21H20FN3/c22-20-11-15(13-23)1-2-19(20)14-25-10-7-17-3-4-18(12-21(17)25)16-5-8-24-9-6-16/h1-4,7,10-12,16,24H,5-6,8-9,14H2. The number of hydrogen-bond donors (Lipinski definition) is 1. The Morgan fingerprint density at radius 3 is 2.72 bits per heavy atom. The average Bonchev–Trinajstić information content (AvgIpc) is 3.06. The number of nitriles is 1. The largest absolute Gasteiger partial charge is 0.343 e. The van der Waals surface area contributed by atoms with Crippen LogP contribution in [0.5, 0.6) is 0 Å². The third-order valence-electron chi connectivity index (χ3n) is 5.13. The molecule has 0 radical (unpaired) electrons. The van der Waals surface area contributed by atoms with Gasteiger partial charge in [0.05, 0.1) is 18.2 Å². The highest BCUT2D eigenvalue weighted by Crippen LogP contribution is 2.29. The van der Waals surface area contributed by atoms with Crippen LogP contribution in [0.2, 0.25) is 0 Å². The quantitative estimate of drug-likeness (QED) is 0.781. The summed E-state index contributed by atoms with van der Waals surface area (Å²) in [5.41, 5.74) is 3.46. The van der Waals surface area contributed by atoms with E-state index in [2.05, 4.69) is 34.1 Å². The maximum Gasteiger partial charge on any atom is 0.129 e. The molecule has 3 nitrogen and oxygen atoms in total. The first-order chi connectivity index (χ1) is 12.2. The molecule has 0 atom stereocenters. The van der Waals surface area contributed by atoms with Crippen LogP contribution >= 0.6 is 0 Å². The predicted molar refractivity (Wildman–Crippen MR) is 97.0 cm³/mol. The van der Waals surface area contributed by atoms with Crippen LogP contribution in [0.4, 0.5) is 4.39 Å². The number of rotatable bonds is 3.